The third-order valence-electron chi connectivity index (χ3n) is 7.16. The zero-order chi connectivity index (χ0) is 25.3. The number of hydrogen-bond donors (Lipinski definition) is 2. The van der Waals surface area contributed by atoms with E-state index >= 15 is 0 Å². The molecule has 192 valence electrons. The lowest BCUT2D eigenvalue weighted by Crippen LogP contribution is -2.49. The molecule has 2 aliphatic rings. The Balaban J connectivity index is 1.55. The minimum absolute atomic E-state index is 0.0260. The number of ether oxygens (including phenoxy) is 1. The van der Waals surface area contributed by atoms with Crippen LogP contribution in [-0.4, -0.2) is 46.8 Å². The molecule has 8 heteroatoms. The van der Waals surface area contributed by atoms with Gasteiger partial charge in [-0.3, -0.25) is 14.4 Å². The number of pyridine rings is 1. The smallest absolute Gasteiger partial charge is 0.247 e. The Bertz CT molecular complexity index is 1020. The van der Waals surface area contributed by atoms with Crippen molar-refractivity contribution < 1.29 is 19.1 Å². The van der Waals surface area contributed by atoms with Crippen molar-refractivity contribution in [3.05, 3.63) is 54.2 Å². The van der Waals surface area contributed by atoms with Crippen LogP contribution in [0.1, 0.15) is 75.8 Å². The molecule has 0 saturated heterocycles. The lowest BCUT2D eigenvalue weighted by Gasteiger charge is -2.37. The minimum atomic E-state index is -0.744. The van der Waals surface area contributed by atoms with Crippen molar-refractivity contribution in [1.29, 1.82) is 0 Å². The number of nitrogens with one attached hydrogen (secondary N) is 2. The van der Waals surface area contributed by atoms with Crippen LogP contribution in [0.3, 0.4) is 0 Å². The second-order valence-electron chi connectivity index (χ2n) is 9.67. The second kappa shape index (κ2) is 12.5. The second-order valence-corrected chi connectivity index (χ2v) is 9.67. The van der Waals surface area contributed by atoms with E-state index in [1.807, 2.05) is 24.3 Å². The zero-order valence-corrected chi connectivity index (χ0v) is 20.9. The van der Waals surface area contributed by atoms with Crippen molar-refractivity contribution in [2.45, 2.75) is 82.3 Å². The van der Waals surface area contributed by atoms with E-state index in [9.17, 15) is 14.4 Å². The number of carbonyl (C=O) groups excluding carboxylic acids is 3. The molecule has 2 fully saturated rings. The van der Waals surface area contributed by atoms with Gasteiger partial charge in [-0.15, -0.1) is 0 Å². The molecular weight excluding hydrogens is 456 g/mol. The number of methoxy groups -OCH3 is 1. The van der Waals surface area contributed by atoms with Crippen molar-refractivity contribution in [1.82, 2.24) is 15.2 Å². The predicted octanol–water partition coefficient (Wildman–Crippen LogP) is 4.38. The highest BCUT2D eigenvalue weighted by Gasteiger charge is 2.38. The molecule has 1 aromatic heterocycles. The molecule has 2 aliphatic carbocycles. The first-order valence-electron chi connectivity index (χ1n) is 13.0. The number of nitrogens with zero attached hydrogens (tertiary/aromatic N) is 2. The summed E-state index contributed by atoms with van der Waals surface area (Å²) in [6, 6.07) is 12.0. The summed E-state index contributed by atoms with van der Waals surface area (Å²) < 4.78 is 5.31. The SMILES string of the molecule is COc1ccc([C@@H](C(=O)NC2CCCC2)N(C(=O)CCC(=O)Nc2ccccn2)C2CCCC2)cc1. The normalized spacial score (nSPS) is 16.9. The maximum Gasteiger partial charge on any atom is 0.247 e. The lowest BCUT2D eigenvalue weighted by molar-refractivity contribution is -0.144. The molecule has 2 saturated carbocycles. The summed E-state index contributed by atoms with van der Waals surface area (Å²) in [6.45, 7) is 0. The van der Waals surface area contributed by atoms with E-state index in [-0.39, 0.29) is 42.6 Å². The van der Waals surface area contributed by atoms with Gasteiger partial charge in [-0.05, 0) is 55.5 Å². The van der Waals surface area contributed by atoms with E-state index in [4.69, 9.17) is 4.74 Å². The summed E-state index contributed by atoms with van der Waals surface area (Å²) in [7, 11) is 1.60. The van der Waals surface area contributed by atoms with Crippen LogP contribution in [0.4, 0.5) is 5.82 Å². The fourth-order valence-corrected chi connectivity index (χ4v) is 5.31. The number of benzene rings is 1. The van der Waals surface area contributed by atoms with Gasteiger partial charge in [-0.1, -0.05) is 43.9 Å². The summed E-state index contributed by atoms with van der Waals surface area (Å²) >= 11 is 0. The first-order valence-corrected chi connectivity index (χ1v) is 13.0. The first kappa shape index (κ1) is 25.7. The fourth-order valence-electron chi connectivity index (χ4n) is 5.31. The molecule has 2 N–H and O–H groups in total. The van der Waals surface area contributed by atoms with E-state index in [1.54, 1.807) is 36.4 Å². The maximum absolute atomic E-state index is 13.7. The van der Waals surface area contributed by atoms with Gasteiger partial charge < -0.3 is 20.3 Å². The Hall–Kier alpha value is -3.42. The molecule has 0 aliphatic heterocycles. The molecule has 0 radical (unpaired) electrons. The van der Waals surface area contributed by atoms with Crippen LogP contribution in [0.15, 0.2) is 48.7 Å². The molecule has 3 amide bonds. The standard InChI is InChI=1S/C28H36N4O4/c1-36-23-15-13-20(14-16-23)27(28(35)30-21-8-2-3-9-21)32(22-10-4-5-11-22)26(34)18-17-25(33)31-24-12-6-7-19-29-24/h6-7,12-16,19,21-22,27H,2-5,8-11,17-18H2,1H3,(H,30,35)(H,29,31,33)/t27-/m0/s1. The van der Waals surface area contributed by atoms with Gasteiger partial charge in [-0.2, -0.15) is 0 Å². The van der Waals surface area contributed by atoms with Gasteiger partial charge in [0.2, 0.25) is 17.7 Å². The van der Waals surface area contributed by atoms with Gasteiger partial charge in [0.1, 0.15) is 17.6 Å². The molecule has 0 unspecified atom stereocenters. The Kier molecular flexibility index (Phi) is 8.92. The summed E-state index contributed by atoms with van der Waals surface area (Å²) in [4.78, 5) is 45.8. The Morgan fingerprint density at radius 3 is 2.31 bits per heavy atom. The van der Waals surface area contributed by atoms with Crippen LogP contribution in [0, 0.1) is 0 Å². The van der Waals surface area contributed by atoms with Crippen molar-refractivity contribution in [2.24, 2.45) is 0 Å². The molecule has 4 rings (SSSR count). The topological polar surface area (TPSA) is 101 Å². The van der Waals surface area contributed by atoms with Crippen LogP contribution in [0.5, 0.6) is 5.75 Å². The molecule has 1 aromatic carbocycles. The third kappa shape index (κ3) is 6.62. The molecule has 0 bridgehead atoms. The van der Waals surface area contributed by atoms with Gasteiger partial charge in [0, 0.05) is 31.1 Å². The van der Waals surface area contributed by atoms with Gasteiger partial charge in [-0.25, -0.2) is 4.98 Å². The molecule has 2 aromatic rings. The van der Waals surface area contributed by atoms with Gasteiger partial charge >= 0.3 is 0 Å². The van der Waals surface area contributed by atoms with Crippen molar-refractivity contribution in [3.8, 4) is 5.75 Å². The van der Waals surface area contributed by atoms with Crippen molar-refractivity contribution in [3.63, 3.8) is 0 Å². The molecule has 1 atom stereocenters. The third-order valence-corrected chi connectivity index (χ3v) is 7.16. The molecule has 36 heavy (non-hydrogen) atoms. The number of anilines is 1. The van der Waals surface area contributed by atoms with E-state index < -0.39 is 6.04 Å². The van der Waals surface area contributed by atoms with Crippen molar-refractivity contribution in [2.75, 3.05) is 12.4 Å². The highest BCUT2D eigenvalue weighted by Crippen LogP contribution is 2.34. The fraction of sp³-hybridized carbons (Fsp3) is 0.500. The van der Waals surface area contributed by atoms with E-state index in [2.05, 4.69) is 15.6 Å². The van der Waals surface area contributed by atoms with Gasteiger partial charge in [0.25, 0.3) is 0 Å². The zero-order valence-electron chi connectivity index (χ0n) is 20.9. The van der Waals surface area contributed by atoms with Crippen LogP contribution in [0.2, 0.25) is 0 Å². The van der Waals surface area contributed by atoms with E-state index in [1.165, 1.54) is 0 Å². The minimum Gasteiger partial charge on any atom is -0.497 e. The predicted molar refractivity (Wildman–Crippen MR) is 137 cm³/mol. The van der Waals surface area contributed by atoms with Crippen LogP contribution < -0.4 is 15.4 Å². The quantitative estimate of drug-likeness (QED) is 0.513. The van der Waals surface area contributed by atoms with E-state index in [0.717, 1.165) is 56.9 Å². The molecular formula is C28H36N4O4. The van der Waals surface area contributed by atoms with E-state index in [0.29, 0.717) is 11.6 Å². The monoisotopic (exact) mass is 492 g/mol. The number of amides is 3. The number of carbonyl (C=O) groups is 3. The average Bonchev–Trinajstić information content (AvgIpc) is 3.61. The summed E-state index contributed by atoms with van der Waals surface area (Å²) in [6.07, 6.45) is 9.55. The Morgan fingerprint density at radius 2 is 1.67 bits per heavy atom. The average molecular weight is 493 g/mol. The van der Waals surface area contributed by atoms with Crippen LogP contribution in [0.25, 0.3) is 0 Å². The Morgan fingerprint density at radius 1 is 0.972 bits per heavy atom. The highest BCUT2D eigenvalue weighted by atomic mass is 16.5. The Labute approximate surface area is 212 Å². The summed E-state index contributed by atoms with van der Waals surface area (Å²) in [5.41, 5.74) is 0.754. The molecule has 8 nitrogen and oxygen atoms in total. The summed E-state index contributed by atoms with van der Waals surface area (Å²) in [5, 5.41) is 5.95. The van der Waals surface area contributed by atoms with Crippen LogP contribution in [-0.2, 0) is 14.4 Å². The number of rotatable bonds is 10. The van der Waals surface area contributed by atoms with Gasteiger partial charge in [0.15, 0.2) is 0 Å². The highest BCUT2D eigenvalue weighted by molar-refractivity contribution is 5.94. The van der Waals surface area contributed by atoms with Gasteiger partial charge in [0.05, 0.1) is 7.11 Å². The molecule has 1 heterocycles. The number of aromatic nitrogens is 1. The largest absolute Gasteiger partial charge is 0.497 e. The first-order chi connectivity index (χ1) is 17.5. The lowest BCUT2D eigenvalue weighted by atomic mass is 9.99. The number of hydrogen-bond acceptors (Lipinski definition) is 5. The van der Waals surface area contributed by atoms with Crippen LogP contribution >= 0.6 is 0 Å². The van der Waals surface area contributed by atoms with Crippen molar-refractivity contribution >= 4 is 23.5 Å². The molecule has 0 spiro atoms. The summed E-state index contributed by atoms with van der Waals surface area (Å²) in [5.74, 6) is 0.545. The maximum atomic E-state index is 13.7.